The largest absolute Gasteiger partial charge is 0.487 e. The maximum absolute atomic E-state index is 12.9. The van der Waals surface area contributed by atoms with Gasteiger partial charge < -0.3 is 20.3 Å². The van der Waals surface area contributed by atoms with E-state index >= 15 is 0 Å². The zero-order valence-electron chi connectivity index (χ0n) is 16.4. The number of aryl methyl sites for hydroxylation is 1. The minimum Gasteiger partial charge on any atom is -0.487 e. The van der Waals surface area contributed by atoms with Crippen molar-refractivity contribution in [2.24, 2.45) is 0 Å². The summed E-state index contributed by atoms with van der Waals surface area (Å²) in [5.41, 5.74) is 1.79. The highest BCUT2D eigenvalue weighted by atomic mass is 16.5. The molecule has 3 aliphatic rings. The third-order valence-electron chi connectivity index (χ3n) is 6.17. The van der Waals surface area contributed by atoms with Gasteiger partial charge in [0.1, 0.15) is 11.4 Å². The smallest absolute Gasteiger partial charge is 0.317 e. The predicted octanol–water partition coefficient (Wildman–Crippen LogP) is 3.05. The van der Waals surface area contributed by atoms with Crippen LogP contribution in [-0.4, -0.2) is 41.1 Å². The highest BCUT2D eigenvalue weighted by Gasteiger charge is 2.42. The first-order valence-corrected chi connectivity index (χ1v) is 9.91. The zero-order chi connectivity index (χ0) is 19.2. The number of benzene rings is 1. The molecule has 2 saturated heterocycles. The summed E-state index contributed by atoms with van der Waals surface area (Å²) in [5.74, 6) is 1.01. The van der Waals surface area contributed by atoms with Crippen molar-refractivity contribution in [2.75, 3.05) is 13.1 Å². The van der Waals surface area contributed by atoms with E-state index in [1.54, 1.807) is 0 Å². The van der Waals surface area contributed by atoms with E-state index < -0.39 is 0 Å². The molecule has 1 atom stereocenters. The Morgan fingerprint density at radius 2 is 2.00 bits per heavy atom. The molecule has 146 valence electrons. The first-order chi connectivity index (χ1) is 12.8. The van der Waals surface area contributed by atoms with Crippen LogP contribution < -0.4 is 15.4 Å². The van der Waals surface area contributed by atoms with E-state index in [0.717, 1.165) is 42.6 Å². The van der Waals surface area contributed by atoms with Crippen LogP contribution in [0, 0.1) is 6.92 Å². The third-order valence-corrected chi connectivity index (χ3v) is 6.17. The second kappa shape index (κ2) is 6.43. The normalized spacial score (nSPS) is 25.5. The van der Waals surface area contributed by atoms with Gasteiger partial charge in [-0.15, -0.1) is 0 Å². The van der Waals surface area contributed by atoms with Crippen molar-refractivity contribution in [3.05, 3.63) is 29.3 Å². The summed E-state index contributed by atoms with van der Waals surface area (Å²) < 4.78 is 6.13. The molecule has 2 fully saturated rings. The van der Waals surface area contributed by atoms with Gasteiger partial charge >= 0.3 is 6.03 Å². The van der Waals surface area contributed by atoms with Crippen molar-refractivity contribution >= 4 is 11.9 Å². The standard InChI is InChI=1S/C21H29N3O3/c1-14-4-5-15-16(13-20(2,3)27-17(15)12-14)22-19(26)24-10-8-21(9-11-24)7-6-18(25)23-21/h4-5,12,16H,6-11,13H2,1-3H3,(H,22,26)(H,23,25). The molecule has 27 heavy (non-hydrogen) atoms. The highest BCUT2D eigenvalue weighted by Crippen LogP contribution is 2.40. The third kappa shape index (κ3) is 3.62. The molecule has 0 radical (unpaired) electrons. The molecule has 6 nitrogen and oxygen atoms in total. The van der Waals surface area contributed by atoms with Gasteiger partial charge in [-0.25, -0.2) is 4.79 Å². The van der Waals surface area contributed by atoms with E-state index in [2.05, 4.69) is 36.6 Å². The Hall–Kier alpha value is -2.24. The maximum Gasteiger partial charge on any atom is 0.317 e. The first kappa shape index (κ1) is 18.1. The molecule has 3 heterocycles. The fourth-order valence-electron chi connectivity index (χ4n) is 4.61. The Labute approximate surface area is 160 Å². The number of hydrogen-bond donors (Lipinski definition) is 2. The van der Waals surface area contributed by atoms with Crippen LogP contribution in [0.15, 0.2) is 18.2 Å². The van der Waals surface area contributed by atoms with Crippen LogP contribution in [0.5, 0.6) is 5.75 Å². The molecule has 0 aromatic heterocycles. The van der Waals surface area contributed by atoms with Crippen LogP contribution in [0.25, 0.3) is 0 Å². The molecule has 1 unspecified atom stereocenters. The molecule has 1 aromatic carbocycles. The summed E-state index contributed by atoms with van der Waals surface area (Å²) in [6, 6.07) is 6.09. The second-order valence-corrected chi connectivity index (χ2v) is 8.92. The van der Waals surface area contributed by atoms with Gasteiger partial charge in [0.25, 0.3) is 0 Å². The van der Waals surface area contributed by atoms with E-state index in [-0.39, 0.29) is 29.1 Å². The average Bonchev–Trinajstić information content (AvgIpc) is 2.94. The molecule has 2 N–H and O–H groups in total. The second-order valence-electron chi connectivity index (χ2n) is 8.92. The molecule has 0 bridgehead atoms. The van der Waals surface area contributed by atoms with Crippen LogP contribution in [0.1, 0.15) is 63.1 Å². The Kier molecular flexibility index (Phi) is 4.32. The summed E-state index contributed by atoms with van der Waals surface area (Å²) in [4.78, 5) is 26.4. The van der Waals surface area contributed by atoms with Crippen molar-refractivity contribution in [1.82, 2.24) is 15.5 Å². The lowest BCUT2D eigenvalue weighted by Crippen LogP contribution is -2.54. The van der Waals surface area contributed by atoms with Gasteiger partial charge in [0.05, 0.1) is 6.04 Å². The fraction of sp³-hybridized carbons (Fsp3) is 0.619. The number of hydrogen-bond acceptors (Lipinski definition) is 3. The number of piperidine rings is 1. The zero-order valence-corrected chi connectivity index (χ0v) is 16.4. The lowest BCUT2D eigenvalue weighted by molar-refractivity contribution is -0.120. The Morgan fingerprint density at radius 3 is 2.67 bits per heavy atom. The number of ether oxygens (including phenoxy) is 1. The quantitative estimate of drug-likeness (QED) is 0.797. The Balaban J connectivity index is 1.43. The molecule has 3 amide bonds. The van der Waals surface area contributed by atoms with Crippen molar-refractivity contribution in [2.45, 2.75) is 70.1 Å². The number of urea groups is 1. The van der Waals surface area contributed by atoms with Crippen LogP contribution >= 0.6 is 0 Å². The number of likely N-dealkylation sites (tertiary alicyclic amines) is 1. The van der Waals surface area contributed by atoms with Gasteiger partial charge in [0, 0.05) is 37.0 Å². The number of nitrogens with one attached hydrogen (secondary N) is 2. The van der Waals surface area contributed by atoms with Crippen molar-refractivity contribution in [1.29, 1.82) is 0 Å². The molecular formula is C21H29N3O3. The summed E-state index contributed by atoms with van der Waals surface area (Å²) in [7, 11) is 0. The van der Waals surface area contributed by atoms with Gasteiger partial charge in [-0.05, 0) is 51.7 Å². The molecule has 0 saturated carbocycles. The highest BCUT2D eigenvalue weighted by molar-refractivity contribution is 5.80. The summed E-state index contributed by atoms with van der Waals surface area (Å²) in [6.45, 7) is 7.53. The Bertz CT molecular complexity index is 766. The van der Waals surface area contributed by atoms with E-state index in [0.29, 0.717) is 19.5 Å². The topological polar surface area (TPSA) is 70.7 Å². The number of rotatable bonds is 1. The molecule has 0 aliphatic carbocycles. The molecule has 6 heteroatoms. The number of carbonyl (C=O) groups is 2. The molecule has 1 aromatic rings. The predicted molar refractivity (Wildman–Crippen MR) is 103 cm³/mol. The number of fused-ring (bicyclic) bond motifs is 1. The van der Waals surface area contributed by atoms with Gasteiger partial charge in [-0.3, -0.25) is 4.79 Å². The SMILES string of the molecule is Cc1ccc2c(c1)OC(C)(C)CC2NC(=O)N1CCC2(CCC(=O)N2)CC1. The van der Waals surface area contributed by atoms with Crippen molar-refractivity contribution < 1.29 is 14.3 Å². The number of nitrogens with zero attached hydrogens (tertiary/aromatic N) is 1. The average molecular weight is 371 g/mol. The van der Waals surface area contributed by atoms with Gasteiger partial charge in [-0.1, -0.05) is 12.1 Å². The van der Waals surface area contributed by atoms with Crippen LogP contribution in [0.4, 0.5) is 4.79 Å². The summed E-state index contributed by atoms with van der Waals surface area (Å²) in [6.07, 6.45) is 3.91. The fourth-order valence-corrected chi connectivity index (χ4v) is 4.61. The lowest BCUT2D eigenvalue weighted by Gasteiger charge is -2.41. The Morgan fingerprint density at radius 1 is 1.26 bits per heavy atom. The number of amides is 3. The number of carbonyl (C=O) groups excluding carboxylic acids is 2. The van der Waals surface area contributed by atoms with Crippen LogP contribution in [-0.2, 0) is 4.79 Å². The minimum absolute atomic E-state index is 0.0246. The van der Waals surface area contributed by atoms with Crippen molar-refractivity contribution in [3.63, 3.8) is 0 Å². The van der Waals surface area contributed by atoms with E-state index in [1.807, 2.05) is 17.9 Å². The summed E-state index contributed by atoms with van der Waals surface area (Å²) >= 11 is 0. The van der Waals surface area contributed by atoms with E-state index in [9.17, 15) is 9.59 Å². The minimum atomic E-state index is -0.321. The van der Waals surface area contributed by atoms with E-state index in [4.69, 9.17) is 4.74 Å². The molecular weight excluding hydrogens is 342 g/mol. The van der Waals surface area contributed by atoms with Gasteiger partial charge in [-0.2, -0.15) is 0 Å². The van der Waals surface area contributed by atoms with Crippen LogP contribution in [0.3, 0.4) is 0 Å². The van der Waals surface area contributed by atoms with E-state index in [1.165, 1.54) is 0 Å². The van der Waals surface area contributed by atoms with Crippen LogP contribution in [0.2, 0.25) is 0 Å². The summed E-state index contributed by atoms with van der Waals surface area (Å²) in [5, 5.41) is 6.35. The molecule has 1 spiro atoms. The van der Waals surface area contributed by atoms with Gasteiger partial charge in [0.15, 0.2) is 0 Å². The van der Waals surface area contributed by atoms with Gasteiger partial charge in [0.2, 0.25) is 5.91 Å². The molecule has 3 aliphatic heterocycles. The molecule has 4 rings (SSSR count). The monoisotopic (exact) mass is 371 g/mol. The maximum atomic E-state index is 12.9. The van der Waals surface area contributed by atoms with Crippen molar-refractivity contribution in [3.8, 4) is 5.75 Å². The lowest BCUT2D eigenvalue weighted by atomic mass is 9.86. The first-order valence-electron chi connectivity index (χ1n) is 9.91.